The van der Waals surface area contributed by atoms with Crippen LogP contribution in [0.3, 0.4) is 0 Å². The Kier molecular flexibility index (Phi) is 3.76. The van der Waals surface area contributed by atoms with Crippen molar-refractivity contribution in [2.45, 2.75) is 20.4 Å². The predicted molar refractivity (Wildman–Crippen MR) is 71.7 cm³/mol. The highest BCUT2D eigenvalue weighted by atomic mass is 32.1. The van der Waals surface area contributed by atoms with Gasteiger partial charge >= 0.3 is 0 Å². The minimum atomic E-state index is -0.163. The highest BCUT2D eigenvalue weighted by Crippen LogP contribution is 2.12. The number of nitrogens with zero attached hydrogens (tertiary/aromatic N) is 2. The van der Waals surface area contributed by atoms with Gasteiger partial charge in [-0.15, -0.1) is 11.3 Å². The Morgan fingerprint density at radius 2 is 2.33 bits per heavy atom. The van der Waals surface area contributed by atoms with Gasteiger partial charge in [0.1, 0.15) is 11.2 Å². The maximum atomic E-state index is 12.0. The van der Waals surface area contributed by atoms with E-state index in [1.807, 2.05) is 19.2 Å². The van der Waals surface area contributed by atoms with E-state index in [0.717, 1.165) is 0 Å². The maximum Gasteiger partial charge on any atom is 0.271 e. The Morgan fingerprint density at radius 1 is 1.56 bits per heavy atom. The summed E-state index contributed by atoms with van der Waals surface area (Å²) in [5.74, 6) is 0.229. The first-order chi connectivity index (χ1) is 8.58. The minimum absolute atomic E-state index is 0.0202. The van der Waals surface area contributed by atoms with Crippen LogP contribution in [0.1, 0.15) is 13.8 Å². The monoisotopic (exact) mass is 265 g/mol. The van der Waals surface area contributed by atoms with E-state index in [2.05, 4.69) is 10.3 Å². The van der Waals surface area contributed by atoms with Gasteiger partial charge in [0, 0.05) is 6.54 Å². The number of hydrogen-bond acceptors (Lipinski definition) is 4. The highest BCUT2D eigenvalue weighted by molar-refractivity contribution is 7.17. The number of rotatable bonds is 4. The molecule has 2 rings (SSSR count). The van der Waals surface area contributed by atoms with E-state index in [-0.39, 0.29) is 18.0 Å². The van der Waals surface area contributed by atoms with Gasteiger partial charge in [0.15, 0.2) is 0 Å². The van der Waals surface area contributed by atoms with Crippen LogP contribution in [0.2, 0.25) is 0 Å². The second-order valence-electron chi connectivity index (χ2n) is 4.51. The van der Waals surface area contributed by atoms with Gasteiger partial charge in [0.25, 0.3) is 5.56 Å². The zero-order chi connectivity index (χ0) is 13.1. The van der Waals surface area contributed by atoms with Gasteiger partial charge in [-0.25, -0.2) is 4.98 Å². The zero-order valence-corrected chi connectivity index (χ0v) is 11.2. The first kappa shape index (κ1) is 12.8. The zero-order valence-electron chi connectivity index (χ0n) is 10.3. The lowest BCUT2D eigenvalue weighted by Crippen LogP contribution is -2.34. The van der Waals surface area contributed by atoms with Crippen LogP contribution >= 0.6 is 11.3 Å². The van der Waals surface area contributed by atoms with Gasteiger partial charge in [-0.3, -0.25) is 14.2 Å². The normalized spacial score (nSPS) is 11.1. The van der Waals surface area contributed by atoms with Crippen molar-refractivity contribution in [1.29, 1.82) is 0 Å². The molecule has 2 aromatic heterocycles. The molecule has 0 atom stereocenters. The molecular formula is C12H15N3O2S. The van der Waals surface area contributed by atoms with Gasteiger partial charge in [-0.1, -0.05) is 13.8 Å². The van der Waals surface area contributed by atoms with Crippen molar-refractivity contribution in [3.8, 4) is 0 Å². The number of carbonyl (C=O) groups is 1. The average Bonchev–Trinajstić information content (AvgIpc) is 2.79. The van der Waals surface area contributed by atoms with Crippen molar-refractivity contribution in [2.75, 3.05) is 6.54 Å². The fraction of sp³-hybridized carbons (Fsp3) is 0.417. The second-order valence-corrected chi connectivity index (χ2v) is 5.43. The molecule has 0 saturated carbocycles. The lowest BCUT2D eigenvalue weighted by atomic mass is 10.2. The molecule has 0 aliphatic carbocycles. The van der Waals surface area contributed by atoms with Crippen molar-refractivity contribution in [2.24, 2.45) is 5.92 Å². The van der Waals surface area contributed by atoms with Gasteiger partial charge in [0.05, 0.1) is 11.8 Å². The Labute approximate surface area is 108 Å². The van der Waals surface area contributed by atoms with E-state index in [9.17, 15) is 9.59 Å². The summed E-state index contributed by atoms with van der Waals surface area (Å²) in [5, 5.41) is 4.60. The largest absolute Gasteiger partial charge is 0.354 e. The molecule has 0 aliphatic rings. The van der Waals surface area contributed by atoms with E-state index >= 15 is 0 Å². The molecule has 0 radical (unpaired) electrons. The van der Waals surface area contributed by atoms with Crippen LogP contribution in [-0.4, -0.2) is 22.0 Å². The Hall–Kier alpha value is -1.69. The van der Waals surface area contributed by atoms with Gasteiger partial charge in [-0.2, -0.15) is 0 Å². The third-order valence-electron chi connectivity index (χ3n) is 2.46. The standard InChI is InChI=1S/C12H15N3O2S/c1-8(2)5-13-10(16)6-15-7-14-9-3-4-18-11(9)12(15)17/h3-4,7-8H,5-6H2,1-2H3,(H,13,16). The molecule has 1 amide bonds. The predicted octanol–water partition coefficient (Wildman–Crippen LogP) is 1.23. The summed E-state index contributed by atoms with van der Waals surface area (Å²) in [5.41, 5.74) is 0.526. The van der Waals surface area contributed by atoms with Crippen molar-refractivity contribution < 1.29 is 4.79 Å². The summed E-state index contributed by atoms with van der Waals surface area (Å²) < 4.78 is 1.93. The first-order valence-electron chi connectivity index (χ1n) is 5.77. The van der Waals surface area contributed by atoms with Crippen molar-refractivity contribution in [1.82, 2.24) is 14.9 Å². The Bertz CT molecular complexity index is 615. The number of aromatic nitrogens is 2. The fourth-order valence-corrected chi connectivity index (χ4v) is 2.31. The summed E-state index contributed by atoms with van der Waals surface area (Å²) in [6, 6.07) is 1.80. The number of amides is 1. The number of thiophene rings is 1. The van der Waals surface area contributed by atoms with E-state index in [1.165, 1.54) is 22.2 Å². The van der Waals surface area contributed by atoms with Crippen LogP contribution in [0, 0.1) is 5.92 Å². The highest BCUT2D eigenvalue weighted by Gasteiger charge is 2.08. The van der Waals surface area contributed by atoms with Crippen LogP contribution in [0.5, 0.6) is 0 Å². The summed E-state index contributed by atoms with van der Waals surface area (Å²) in [6.45, 7) is 4.67. The molecular weight excluding hydrogens is 250 g/mol. The van der Waals surface area contributed by atoms with E-state index < -0.39 is 0 Å². The molecule has 0 aromatic carbocycles. The van der Waals surface area contributed by atoms with Gasteiger partial charge < -0.3 is 5.32 Å². The molecule has 0 unspecified atom stereocenters. The summed E-state index contributed by atoms with van der Waals surface area (Å²) in [6.07, 6.45) is 1.42. The van der Waals surface area contributed by atoms with Crippen LogP contribution in [-0.2, 0) is 11.3 Å². The number of fused-ring (bicyclic) bond motifs is 1. The molecule has 2 heterocycles. The van der Waals surface area contributed by atoms with Gasteiger partial charge in [-0.05, 0) is 17.4 Å². The van der Waals surface area contributed by atoms with E-state index in [4.69, 9.17) is 0 Å². The Balaban J connectivity index is 2.14. The number of carbonyl (C=O) groups excluding carboxylic acids is 1. The molecule has 2 aromatic rings. The van der Waals surface area contributed by atoms with Gasteiger partial charge in [0.2, 0.25) is 5.91 Å². The lowest BCUT2D eigenvalue weighted by molar-refractivity contribution is -0.121. The molecule has 0 bridgehead atoms. The van der Waals surface area contributed by atoms with Crippen molar-refractivity contribution in [3.63, 3.8) is 0 Å². The molecule has 0 spiro atoms. The SMILES string of the molecule is CC(C)CNC(=O)Cn1cnc2ccsc2c1=O. The van der Waals surface area contributed by atoms with Crippen LogP contribution in [0.25, 0.3) is 10.2 Å². The first-order valence-corrected chi connectivity index (χ1v) is 6.65. The molecule has 5 nitrogen and oxygen atoms in total. The van der Waals surface area contributed by atoms with Crippen LogP contribution in [0.15, 0.2) is 22.6 Å². The number of nitrogens with one attached hydrogen (secondary N) is 1. The topological polar surface area (TPSA) is 64.0 Å². The molecule has 96 valence electrons. The lowest BCUT2D eigenvalue weighted by Gasteiger charge is -2.08. The molecule has 1 N–H and O–H groups in total. The van der Waals surface area contributed by atoms with Crippen LogP contribution < -0.4 is 10.9 Å². The van der Waals surface area contributed by atoms with Crippen LogP contribution in [0.4, 0.5) is 0 Å². The summed E-state index contributed by atoms with van der Waals surface area (Å²) in [4.78, 5) is 27.8. The molecule has 0 aliphatic heterocycles. The summed E-state index contributed by atoms with van der Waals surface area (Å²) >= 11 is 1.35. The van der Waals surface area contributed by atoms with Crippen molar-refractivity contribution in [3.05, 3.63) is 28.1 Å². The third-order valence-corrected chi connectivity index (χ3v) is 3.35. The molecule has 18 heavy (non-hydrogen) atoms. The van der Waals surface area contributed by atoms with E-state index in [1.54, 1.807) is 6.07 Å². The van der Waals surface area contributed by atoms with Crippen molar-refractivity contribution >= 4 is 27.5 Å². The summed E-state index contributed by atoms with van der Waals surface area (Å²) in [7, 11) is 0. The maximum absolute atomic E-state index is 12.0. The molecule has 0 saturated heterocycles. The smallest absolute Gasteiger partial charge is 0.271 e. The van der Waals surface area contributed by atoms with E-state index in [0.29, 0.717) is 22.7 Å². The molecule has 6 heteroatoms. The average molecular weight is 265 g/mol. The third kappa shape index (κ3) is 2.76. The fourth-order valence-electron chi connectivity index (χ4n) is 1.52. The second kappa shape index (κ2) is 5.30. The molecule has 0 fully saturated rings. The minimum Gasteiger partial charge on any atom is -0.354 e. The Morgan fingerprint density at radius 3 is 3.06 bits per heavy atom. The quantitative estimate of drug-likeness (QED) is 0.904. The number of hydrogen-bond donors (Lipinski definition) is 1.